The lowest BCUT2D eigenvalue weighted by atomic mass is 9.90. The third-order valence-electron chi connectivity index (χ3n) is 2.90. The molecule has 1 heterocycles. The van der Waals surface area contributed by atoms with Crippen LogP contribution in [-0.4, -0.2) is 25.0 Å². The van der Waals surface area contributed by atoms with E-state index in [1.54, 1.807) is 0 Å². The van der Waals surface area contributed by atoms with E-state index in [4.69, 9.17) is 5.26 Å². The van der Waals surface area contributed by atoms with E-state index in [0.717, 1.165) is 13.1 Å². The molecule has 2 nitrogen and oxygen atoms in total. The van der Waals surface area contributed by atoms with Gasteiger partial charge in [0.25, 0.3) is 0 Å². The van der Waals surface area contributed by atoms with Gasteiger partial charge in [0.2, 0.25) is 0 Å². The predicted octanol–water partition coefficient (Wildman–Crippen LogP) is 1.86. The van der Waals surface area contributed by atoms with Crippen LogP contribution in [0.4, 0.5) is 0 Å². The van der Waals surface area contributed by atoms with Crippen LogP contribution in [0.1, 0.15) is 11.5 Å². The number of benzene rings is 1. The third-order valence-corrected chi connectivity index (χ3v) is 2.90. The van der Waals surface area contributed by atoms with Crippen molar-refractivity contribution in [3.8, 4) is 6.07 Å². The molecule has 1 fully saturated rings. The molecule has 0 aromatic heterocycles. The molecule has 0 bridgehead atoms. The molecule has 0 amide bonds. The minimum Gasteiger partial charge on any atom is -0.304 e. The van der Waals surface area contributed by atoms with Crippen molar-refractivity contribution in [1.82, 2.24) is 4.90 Å². The highest BCUT2D eigenvalue weighted by Crippen LogP contribution is 2.30. The van der Waals surface area contributed by atoms with Gasteiger partial charge in [0.15, 0.2) is 0 Å². The second-order valence-electron chi connectivity index (χ2n) is 3.97. The maximum absolute atomic E-state index is 9.04. The topological polar surface area (TPSA) is 27.0 Å². The molecule has 72 valence electrons. The normalized spacial score (nSPS) is 27.4. The molecule has 1 aromatic rings. The zero-order valence-electron chi connectivity index (χ0n) is 8.35. The fourth-order valence-corrected chi connectivity index (χ4v) is 2.17. The predicted molar refractivity (Wildman–Crippen MR) is 55.8 cm³/mol. The lowest BCUT2D eigenvalue weighted by Gasteiger charge is -2.12. The third kappa shape index (κ3) is 1.64. The van der Waals surface area contributed by atoms with Crippen molar-refractivity contribution in [1.29, 1.82) is 5.26 Å². The molecule has 1 saturated heterocycles. The molecule has 2 heteroatoms. The summed E-state index contributed by atoms with van der Waals surface area (Å²) >= 11 is 0. The van der Waals surface area contributed by atoms with Gasteiger partial charge in [-0.2, -0.15) is 5.26 Å². The highest BCUT2D eigenvalue weighted by atomic mass is 15.1. The Morgan fingerprint density at radius 2 is 2.00 bits per heavy atom. The Bertz CT molecular complexity index is 339. The van der Waals surface area contributed by atoms with Crippen LogP contribution in [0.2, 0.25) is 0 Å². The molecule has 2 unspecified atom stereocenters. The molecular weight excluding hydrogens is 172 g/mol. The quantitative estimate of drug-likeness (QED) is 0.669. The van der Waals surface area contributed by atoms with E-state index < -0.39 is 0 Å². The van der Waals surface area contributed by atoms with Crippen LogP contribution in [0.3, 0.4) is 0 Å². The summed E-state index contributed by atoms with van der Waals surface area (Å²) in [5.41, 5.74) is 1.29. The van der Waals surface area contributed by atoms with E-state index in [0.29, 0.717) is 5.92 Å². The highest BCUT2D eigenvalue weighted by molar-refractivity contribution is 5.24. The first-order valence-corrected chi connectivity index (χ1v) is 4.94. The van der Waals surface area contributed by atoms with Crippen LogP contribution in [0.5, 0.6) is 0 Å². The summed E-state index contributed by atoms with van der Waals surface area (Å²) < 4.78 is 0. The first-order valence-electron chi connectivity index (χ1n) is 4.94. The zero-order valence-corrected chi connectivity index (χ0v) is 8.35. The van der Waals surface area contributed by atoms with E-state index in [2.05, 4.69) is 30.1 Å². The summed E-state index contributed by atoms with van der Waals surface area (Å²) in [6, 6.07) is 12.7. The number of rotatable bonds is 1. The van der Waals surface area contributed by atoms with Gasteiger partial charge in [-0.25, -0.2) is 0 Å². The fourth-order valence-electron chi connectivity index (χ4n) is 2.17. The van der Waals surface area contributed by atoms with Crippen LogP contribution < -0.4 is 0 Å². The molecule has 14 heavy (non-hydrogen) atoms. The molecular formula is C12H14N2. The second-order valence-corrected chi connectivity index (χ2v) is 3.97. The van der Waals surface area contributed by atoms with Gasteiger partial charge >= 0.3 is 0 Å². The Balaban J connectivity index is 2.23. The number of nitrogens with zero attached hydrogens (tertiary/aromatic N) is 2. The first-order chi connectivity index (χ1) is 6.81. The SMILES string of the molecule is CN1CC(C#N)C(c2ccccc2)C1. The van der Waals surface area contributed by atoms with Gasteiger partial charge in [0, 0.05) is 19.0 Å². The van der Waals surface area contributed by atoms with E-state index in [-0.39, 0.29) is 5.92 Å². The smallest absolute Gasteiger partial charge is 0.0676 e. The summed E-state index contributed by atoms with van der Waals surface area (Å²) in [5, 5.41) is 9.04. The Hall–Kier alpha value is -1.33. The highest BCUT2D eigenvalue weighted by Gasteiger charge is 2.31. The largest absolute Gasteiger partial charge is 0.304 e. The molecule has 0 radical (unpaired) electrons. The summed E-state index contributed by atoms with van der Waals surface area (Å²) in [5.74, 6) is 0.550. The van der Waals surface area contributed by atoms with Crippen LogP contribution in [0.15, 0.2) is 30.3 Å². The maximum atomic E-state index is 9.04. The monoisotopic (exact) mass is 186 g/mol. The first kappa shape index (κ1) is 9.23. The Morgan fingerprint density at radius 1 is 1.29 bits per heavy atom. The second kappa shape index (κ2) is 3.81. The minimum absolute atomic E-state index is 0.155. The van der Waals surface area contributed by atoms with Gasteiger partial charge < -0.3 is 4.90 Å². The van der Waals surface area contributed by atoms with E-state index in [1.807, 2.05) is 18.2 Å². The van der Waals surface area contributed by atoms with Crippen molar-refractivity contribution < 1.29 is 0 Å². The summed E-state index contributed by atoms with van der Waals surface area (Å²) in [4.78, 5) is 2.23. The van der Waals surface area contributed by atoms with Crippen LogP contribution in [0.25, 0.3) is 0 Å². The molecule has 2 rings (SSSR count). The van der Waals surface area contributed by atoms with Gasteiger partial charge in [-0.05, 0) is 12.6 Å². The van der Waals surface area contributed by atoms with E-state index in [9.17, 15) is 0 Å². The van der Waals surface area contributed by atoms with E-state index >= 15 is 0 Å². The number of hydrogen-bond acceptors (Lipinski definition) is 2. The molecule has 1 aliphatic heterocycles. The number of nitriles is 1. The van der Waals surface area contributed by atoms with Crippen molar-refractivity contribution >= 4 is 0 Å². The van der Waals surface area contributed by atoms with Gasteiger partial charge in [-0.15, -0.1) is 0 Å². The molecule has 1 aliphatic rings. The van der Waals surface area contributed by atoms with E-state index in [1.165, 1.54) is 5.56 Å². The number of likely N-dealkylation sites (N-methyl/N-ethyl adjacent to an activating group) is 1. The lowest BCUT2D eigenvalue weighted by molar-refractivity contribution is 0.406. The van der Waals surface area contributed by atoms with Crippen molar-refractivity contribution in [3.05, 3.63) is 35.9 Å². The van der Waals surface area contributed by atoms with Gasteiger partial charge in [-0.3, -0.25) is 0 Å². The summed E-state index contributed by atoms with van der Waals surface area (Å²) in [6.45, 7) is 1.90. The molecule has 0 saturated carbocycles. The van der Waals surface area contributed by atoms with Crippen molar-refractivity contribution in [2.45, 2.75) is 5.92 Å². The van der Waals surface area contributed by atoms with Crippen LogP contribution in [-0.2, 0) is 0 Å². The van der Waals surface area contributed by atoms with Gasteiger partial charge in [0.1, 0.15) is 0 Å². The molecule has 0 aliphatic carbocycles. The molecule has 0 spiro atoms. The summed E-state index contributed by atoms with van der Waals surface area (Å²) in [6.07, 6.45) is 0. The Morgan fingerprint density at radius 3 is 2.64 bits per heavy atom. The van der Waals surface area contributed by atoms with Crippen LogP contribution >= 0.6 is 0 Å². The minimum atomic E-state index is 0.155. The van der Waals surface area contributed by atoms with Crippen molar-refractivity contribution in [2.24, 2.45) is 5.92 Å². The Labute approximate surface area is 84.8 Å². The Kier molecular flexibility index (Phi) is 2.51. The maximum Gasteiger partial charge on any atom is 0.0676 e. The average molecular weight is 186 g/mol. The van der Waals surface area contributed by atoms with Crippen LogP contribution in [0, 0.1) is 17.2 Å². The zero-order chi connectivity index (χ0) is 9.97. The summed E-state index contributed by atoms with van der Waals surface area (Å²) in [7, 11) is 2.08. The molecule has 0 N–H and O–H groups in total. The number of hydrogen-bond donors (Lipinski definition) is 0. The average Bonchev–Trinajstić information content (AvgIpc) is 2.61. The van der Waals surface area contributed by atoms with Crippen molar-refractivity contribution in [3.63, 3.8) is 0 Å². The number of likely N-dealkylation sites (tertiary alicyclic amines) is 1. The molecule has 1 aromatic carbocycles. The lowest BCUT2D eigenvalue weighted by Crippen LogP contribution is -2.13. The fraction of sp³-hybridized carbons (Fsp3) is 0.417. The van der Waals surface area contributed by atoms with Gasteiger partial charge in [-0.1, -0.05) is 30.3 Å². The van der Waals surface area contributed by atoms with Gasteiger partial charge in [0.05, 0.1) is 12.0 Å². The standard InChI is InChI=1S/C12H14N2/c1-14-8-11(7-13)12(9-14)10-5-3-2-4-6-10/h2-6,11-12H,8-9H2,1H3. The van der Waals surface area contributed by atoms with Crippen molar-refractivity contribution in [2.75, 3.05) is 20.1 Å². The molecule has 2 atom stereocenters.